The molecule has 9 heteroatoms. The summed E-state index contributed by atoms with van der Waals surface area (Å²) in [6.07, 6.45) is 3.29. The number of hydrogen-bond acceptors (Lipinski definition) is 7. The van der Waals surface area contributed by atoms with Crippen molar-refractivity contribution in [1.82, 2.24) is 19.7 Å². The van der Waals surface area contributed by atoms with Crippen LogP contribution in [0.4, 0.5) is 5.69 Å². The Hall–Kier alpha value is -4.79. The molecule has 5 rings (SSSR count). The van der Waals surface area contributed by atoms with E-state index in [1.807, 2.05) is 25.1 Å². The Labute approximate surface area is 200 Å². The van der Waals surface area contributed by atoms with E-state index in [4.69, 9.17) is 9.26 Å². The van der Waals surface area contributed by atoms with Gasteiger partial charge in [-0.15, -0.1) is 0 Å². The third-order valence-corrected chi connectivity index (χ3v) is 5.35. The predicted octanol–water partition coefficient (Wildman–Crippen LogP) is 4.15. The average Bonchev–Trinajstić information content (AvgIpc) is 3.38. The molecule has 0 fully saturated rings. The molecule has 3 heterocycles. The van der Waals surface area contributed by atoms with Crippen LogP contribution in [0.15, 0.2) is 88.4 Å². The molecule has 1 amide bonds. The SMILES string of the molecule is CCOc1ccc(NC(=O)Cn2c(=O)cc(-c3nc(-c4cccnc4)no3)c3ccccc32)cc1. The molecular weight excluding hydrogens is 446 g/mol. The summed E-state index contributed by atoms with van der Waals surface area (Å²) in [6, 6.07) is 19.3. The van der Waals surface area contributed by atoms with E-state index in [1.54, 1.807) is 54.9 Å². The predicted molar refractivity (Wildman–Crippen MR) is 131 cm³/mol. The van der Waals surface area contributed by atoms with E-state index in [1.165, 1.54) is 10.6 Å². The molecule has 0 saturated carbocycles. The molecule has 0 radical (unpaired) electrons. The normalized spacial score (nSPS) is 10.9. The smallest absolute Gasteiger partial charge is 0.259 e. The molecule has 1 N–H and O–H groups in total. The molecule has 2 aromatic carbocycles. The first kappa shape index (κ1) is 22.0. The maximum Gasteiger partial charge on any atom is 0.259 e. The minimum absolute atomic E-state index is 0.155. The summed E-state index contributed by atoms with van der Waals surface area (Å²) in [5.41, 5.74) is 2.03. The number of pyridine rings is 2. The van der Waals surface area contributed by atoms with Crippen molar-refractivity contribution < 1.29 is 14.1 Å². The second-order valence-electron chi connectivity index (χ2n) is 7.67. The highest BCUT2D eigenvalue weighted by Gasteiger charge is 2.18. The van der Waals surface area contributed by atoms with E-state index < -0.39 is 0 Å². The van der Waals surface area contributed by atoms with Crippen LogP contribution in [0.5, 0.6) is 5.75 Å². The van der Waals surface area contributed by atoms with Crippen LogP contribution in [0.25, 0.3) is 33.7 Å². The van der Waals surface area contributed by atoms with Gasteiger partial charge in [0.1, 0.15) is 12.3 Å². The summed E-state index contributed by atoms with van der Waals surface area (Å²) in [7, 11) is 0. The van der Waals surface area contributed by atoms with Crippen LogP contribution < -0.4 is 15.6 Å². The van der Waals surface area contributed by atoms with Crippen LogP contribution in [0.1, 0.15) is 6.92 Å². The van der Waals surface area contributed by atoms with Crippen LogP contribution in [0.2, 0.25) is 0 Å². The first-order valence-electron chi connectivity index (χ1n) is 11.0. The van der Waals surface area contributed by atoms with Crippen molar-refractivity contribution in [2.75, 3.05) is 11.9 Å². The first-order valence-corrected chi connectivity index (χ1v) is 11.0. The largest absolute Gasteiger partial charge is 0.494 e. The molecule has 0 aliphatic rings. The standard InChI is InChI=1S/C26H21N5O4/c1-2-34-19-11-9-18(10-12-19)28-23(32)16-31-22-8-4-3-7-20(22)21(14-24(31)33)26-29-25(30-35-26)17-6-5-13-27-15-17/h3-15H,2,16H2,1H3,(H,28,32). The first-order chi connectivity index (χ1) is 17.1. The summed E-state index contributed by atoms with van der Waals surface area (Å²) in [5, 5.41) is 7.56. The number of fused-ring (bicyclic) bond motifs is 1. The van der Waals surface area contributed by atoms with Crippen LogP contribution in [-0.4, -0.2) is 32.2 Å². The molecule has 0 saturated heterocycles. The fraction of sp³-hybridized carbons (Fsp3) is 0.115. The Morgan fingerprint density at radius 3 is 2.69 bits per heavy atom. The van der Waals surface area contributed by atoms with Crippen molar-refractivity contribution >= 4 is 22.5 Å². The Balaban J connectivity index is 1.45. The number of nitrogens with zero attached hydrogens (tertiary/aromatic N) is 4. The van der Waals surface area contributed by atoms with Gasteiger partial charge in [-0.1, -0.05) is 23.4 Å². The van der Waals surface area contributed by atoms with E-state index in [0.717, 1.165) is 5.75 Å². The lowest BCUT2D eigenvalue weighted by atomic mass is 10.1. The fourth-order valence-electron chi connectivity index (χ4n) is 3.77. The zero-order chi connectivity index (χ0) is 24.2. The highest BCUT2D eigenvalue weighted by molar-refractivity contribution is 5.95. The molecule has 35 heavy (non-hydrogen) atoms. The molecule has 3 aromatic heterocycles. The zero-order valence-electron chi connectivity index (χ0n) is 18.8. The quantitative estimate of drug-likeness (QED) is 0.383. The van der Waals surface area contributed by atoms with Crippen molar-refractivity contribution in [1.29, 1.82) is 0 Å². The summed E-state index contributed by atoms with van der Waals surface area (Å²) < 4.78 is 12.3. The van der Waals surface area contributed by atoms with Gasteiger partial charge in [0.05, 0.1) is 17.7 Å². The molecule has 0 aliphatic carbocycles. The molecule has 9 nitrogen and oxygen atoms in total. The lowest BCUT2D eigenvalue weighted by Gasteiger charge is -2.12. The van der Waals surface area contributed by atoms with Crippen LogP contribution >= 0.6 is 0 Å². The van der Waals surface area contributed by atoms with E-state index >= 15 is 0 Å². The lowest BCUT2D eigenvalue weighted by molar-refractivity contribution is -0.116. The number of aromatic nitrogens is 4. The molecule has 0 aliphatic heterocycles. The van der Waals surface area contributed by atoms with Crippen LogP contribution in [-0.2, 0) is 11.3 Å². The molecule has 5 aromatic rings. The van der Waals surface area contributed by atoms with Crippen LogP contribution in [0, 0.1) is 0 Å². The number of carbonyl (C=O) groups excluding carboxylic acids is 1. The number of anilines is 1. The van der Waals surface area contributed by atoms with Crippen molar-refractivity contribution in [3.63, 3.8) is 0 Å². The summed E-state index contributed by atoms with van der Waals surface area (Å²) in [6.45, 7) is 2.31. The molecule has 0 unspecified atom stereocenters. The summed E-state index contributed by atoms with van der Waals surface area (Å²) in [4.78, 5) is 34.4. The molecule has 0 bridgehead atoms. The van der Waals surface area contributed by atoms with Crippen molar-refractivity contribution in [2.24, 2.45) is 0 Å². The third-order valence-electron chi connectivity index (χ3n) is 5.35. The highest BCUT2D eigenvalue weighted by Crippen LogP contribution is 2.28. The maximum atomic E-state index is 13.1. The fourth-order valence-corrected chi connectivity index (χ4v) is 3.77. The second kappa shape index (κ2) is 9.60. The van der Waals surface area contributed by atoms with Gasteiger partial charge < -0.3 is 14.6 Å². The van der Waals surface area contributed by atoms with Gasteiger partial charge in [0.2, 0.25) is 11.7 Å². The van der Waals surface area contributed by atoms with Gasteiger partial charge >= 0.3 is 0 Å². The summed E-state index contributed by atoms with van der Waals surface area (Å²) in [5.74, 6) is 0.973. The molecular formula is C26H21N5O4. The Bertz CT molecular complexity index is 1540. The van der Waals surface area contributed by atoms with Gasteiger partial charge in [-0.2, -0.15) is 4.98 Å². The number of amides is 1. The highest BCUT2D eigenvalue weighted by atomic mass is 16.5. The number of carbonyl (C=O) groups is 1. The number of nitrogens with one attached hydrogen (secondary N) is 1. The lowest BCUT2D eigenvalue weighted by Crippen LogP contribution is -2.27. The maximum absolute atomic E-state index is 13.1. The van der Waals surface area contributed by atoms with Gasteiger partial charge in [0, 0.05) is 35.1 Å². The van der Waals surface area contributed by atoms with Gasteiger partial charge in [-0.3, -0.25) is 19.1 Å². The van der Waals surface area contributed by atoms with Crippen molar-refractivity contribution in [2.45, 2.75) is 13.5 Å². The molecule has 0 spiro atoms. The van der Waals surface area contributed by atoms with Crippen LogP contribution in [0.3, 0.4) is 0 Å². The second-order valence-corrected chi connectivity index (χ2v) is 7.67. The van der Waals surface area contributed by atoms with E-state index in [2.05, 4.69) is 20.4 Å². The Morgan fingerprint density at radius 1 is 1.09 bits per heavy atom. The van der Waals surface area contributed by atoms with Gasteiger partial charge in [-0.25, -0.2) is 0 Å². The van der Waals surface area contributed by atoms with E-state index in [9.17, 15) is 9.59 Å². The minimum atomic E-state index is -0.360. The summed E-state index contributed by atoms with van der Waals surface area (Å²) >= 11 is 0. The Kier molecular flexibility index (Phi) is 6.04. The third kappa shape index (κ3) is 4.65. The number of para-hydroxylation sites is 1. The van der Waals surface area contributed by atoms with Crippen molar-refractivity contribution in [3.05, 3.63) is 89.5 Å². The van der Waals surface area contributed by atoms with E-state index in [0.29, 0.717) is 40.1 Å². The topological polar surface area (TPSA) is 112 Å². The Morgan fingerprint density at radius 2 is 1.91 bits per heavy atom. The number of ether oxygens (including phenoxy) is 1. The van der Waals surface area contributed by atoms with Gasteiger partial charge in [0.25, 0.3) is 11.4 Å². The molecule has 0 atom stereocenters. The number of hydrogen-bond donors (Lipinski definition) is 1. The zero-order valence-corrected chi connectivity index (χ0v) is 18.8. The molecule has 174 valence electrons. The van der Waals surface area contributed by atoms with E-state index in [-0.39, 0.29) is 23.9 Å². The minimum Gasteiger partial charge on any atom is -0.494 e. The van der Waals surface area contributed by atoms with Gasteiger partial charge in [-0.05, 0) is 49.4 Å². The van der Waals surface area contributed by atoms with Crippen molar-refractivity contribution in [3.8, 4) is 28.6 Å². The number of benzene rings is 2. The number of rotatable bonds is 7. The monoisotopic (exact) mass is 467 g/mol. The van der Waals surface area contributed by atoms with Gasteiger partial charge in [0.15, 0.2) is 0 Å². The average molecular weight is 467 g/mol.